The Hall–Kier alpha value is -2.93. The predicted octanol–water partition coefficient (Wildman–Crippen LogP) is 2.13. The molecule has 7 heteroatoms. The number of rotatable bonds is 4. The van der Waals surface area contributed by atoms with E-state index in [0.29, 0.717) is 11.6 Å². The molecule has 0 spiro atoms. The van der Waals surface area contributed by atoms with E-state index in [2.05, 4.69) is 10.9 Å². The molecule has 6 nitrogen and oxygen atoms in total. The van der Waals surface area contributed by atoms with Gasteiger partial charge in [-0.25, -0.2) is 4.79 Å². The van der Waals surface area contributed by atoms with Gasteiger partial charge < -0.3 is 5.11 Å². The van der Waals surface area contributed by atoms with Gasteiger partial charge in [0.05, 0.1) is 5.56 Å². The number of benzene rings is 1. The van der Waals surface area contributed by atoms with E-state index in [1.807, 2.05) is 37.3 Å². The highest BCUT2D eigenvalue weighted by molar-refractivity contribution is 7.10. The van der Waals surface area contributed by atoms with Crippen molar-refractivity contribution in [3.8, 4) is 11.1 Å². The lowest BCUT2D eigenvalue weighted by Crippen LogP contribution is -2.40. The van der Waals surface area contributed by atoms with Crippen LogP contribution in [-0.4, -0.2) is 22.9 Å². The molecule has 1 heterocycles. The maximum atomic E-state index is 12.2. The lowest BCUT2D eigenvalue weighted by atomic mass is 10.0. The number of aryl methyl sites for hydroxylation is 1. The monoisotopic (exact) mass is 330 g/mol. The fourth-order valence-corrected chi connectivity index (χ4v) is 2.82. The molecule has 118 valence electrons. The Morgan fingerprint density at radius 2 is 1.78 bits per heavy atom. The minimum atomic E-state index is -1.24. The molecule has 0 fully saturated rings. The summed E-state index contributed by atoms with van der Waals surface area (Å²) in [5, 5.41) is 10.1. The molecular weight excluding hydrogens is 316 g/mol. The molecule has 2 aromatic rings. The van der Waals surface area contributed by atoms with Gasteiger partial charge in [-0.3, -0.25) is 20.4 Å². The number of amides is 2. The Balaban J connectivity index is 2.12. The van der Waals surface area contributed by atoms with Crippen molar-refractivity contribution in [2.24, 2.45) is 0 Å². The molecule has 1 aromatic carbocycles. The van der Waals surface area contributed by atoms with Crippen molar-refractivity contribution < 1.29 is 19.5 Å². The largest absolute Gasteiger partial charge is 0.478 e. The molecule has 23 heavy (non-hydrogen) atoms. The molecule has 2 amide bonds. The molecule has 1 aromatic heterocycles. The molecule has 3 N–H and O–H groups in total. The van der Waals surface area contributed by atoms with Gasteiger partial charge in [0.15, 0.2) is 0 Å². The first kappa shape index (κ1) is 16.4. The molecule has 0 unspecified atom stereocenters. The van der Waals surface area contributed by atoms with Crippen LogP contribution < -0.4 is 10.9 Å². The van der Waals surface area contributed by atoms with Crippen molar-refractivity contribution in [2.75, 3.05) is 0 Å². The van der Waals surface area contributed by atoms with Crippen LogP contribution in [0.2, 0.25) is 0 Å². The molecule has 0 aliphatic carbocycles. The van der Waals surface area contributed by atoms with Crippen LogP contribution in [0.1, 0.15) is 15.2 Å². The normalized spacial score (nSPS) is 10.5. The minimum Gasteiger partial charge on any atom is -0.478 e. The second kappa shape index (κ2) is 7.37. The average Bonchev–Trinajstić information content (AvgIpc) is 2.93. The number of carbonyl (C=O) groups is 3. The molecule has 0 saturated carbocycles. The number of aliphatic carboxylic acids is 1. The topological polar surface area (TPSA) is 95.5 Å². The fourth-order valence-electron chi connectivity index (χ4n) is 1.96. The summed E-state index contributed by atoms with van der Waals surface area (Å²) in [6.07, 6.45) is 1.51. The van der Waals surface area contributed by atoms with Gasteiger partial charge in [-0.1, -0.05) is 30.3 Å². The number of thiophene rings is 1. The Morgan fingerprint density at radius 3 is 2.43 bits per heavy atom. The summed E-state index contributed by atoms with van der Waals surface area (Å²) in [7, 11) is 0. The zero-order valence-electron chi connectivity index (χ0n) is 12.2. The number of nitrogens with one attached hydrogen (secondary N) is 2. The molecular formula is C16H14N2O4S. The van der Waals surface area contributed by atoms with Gasteiger partial charge >= 0.3 is 5.97 Å². The summed E-state index contributed by atoms with van der Waals surface area (Å²) in [5.41, 5.74) is 6.58. The second-order valence-electron chi connectivity index (χ2n) is 4.56. The molecule has 2 rings (SSSR count). The van der Waals surface area contributed by atoms with Gasteiger partial charge in [0.1, 0.15) is 0 Å². The van der Waals surface area contributed by atoms with E-state index in [1.54, 1.807) is 5.38 Å². The first-order chi connectivity index (χ1) is 11.0. The fraction of sp³-hybridized carbons (Fsp3) is 0.0625. The standard InChI is InChI=1S/C16H14N2O4S/c1-10-15(11-5-3-2-4-6-11)12(9-23-10)16(22)18-17-13(19)7-8-14(20)21/h2-9H,1H3,(H,17,19)(H,18,22)(H,20,21)/b8-7-. The number of carboxylic acids is 1. The number of hydrogen-bond donors (Lipinski definition) is 3. The minimum absolute atomic E-state index is 0.446. The van der Waals surface area contributed by atoms with E-state index in [1.165, 1.54) is 11.3 Å². The predicted molar refractivity (Wildman–Crippen MR) is 86.9 cm³/mol. The van der Waals surface area contributed by atoms with Crippen molar-refractivity contribution in [1.29, 1.82) is 0 Å². The zero-order valence-corrected chi connectivity index (χ0v) is 13.0. The van der Waals surface area contributed by atoms with Crippen LogP contribution in [-0.2, 0) is 9.59 Å². The average molecular weight is 330 g/mol. The zero-order chi connectivity index (χ0) is 16.8. The summed E-state index contributed by atoms with van der Waals surface area (Å²) in [6.45, 7) is 1.91. The van der Waals surface area contributed by atoms with Crippen LogP contribution in [0.15, 0.2) is 47.9 Å². The molecule has 0 aliphatic heterocycles. The van der Waals surface area contributed by atoms with Gasteiger partial charge in [0.25, 0.3) is 11.8 Å². The third-order valence-corrected chi connectivity index (χ3v) is 3.87. The van der Waals surface area contributed by atoms with Gasteiger partial charge in [-0.2, -0.15) is 0 Å². The smallest absolute Gasteiger partial charge is 0.328 e. The van der Waals surface area contributed by atoms with Crippen LogP contribution in [0.25, 0.3) is 11.1 Å². The quantitative estimate of drug-likeness (QED) is 0.591. The molecule has 0 bridgehead atoms. The maximum Gasteiger partial charge on any atom is 0.328 e. The summed E-state index contributed by atoms with van der Waals surface area (Å²) in [6, 6.07) is 9.46. The number of hydrogen-bond acceptors (Lipinski definition) is 4. The maximum absolute atomic E-state index is 12.2. The van der Waals surface area contributed by atoms with Crippen molar-refractivity contribution in [3.63, 3.8) is 0 Å². The third kappa shape index (κ3) is 4.27. The Bertz CT molecular complexity index is 766. The van der Waals surface area contributed by atoms with Crippen molar-refractivity contribution >= 4 is 29.1 Å². The van der Waals surface area contributed by atoms with Crippen LogP contribution in [0.5, 0.6) is 0 Å². The van der Waals surface area contributed by atoms with Gasteiger partial charge in [0.2, 0.25) is 0 Å². The van der Waals surface area contributed by atoms with E-state index in [9.17, 15) is 14.4 Å². The number of hydrazine groups is 1. The molecule has 0 radical (unpaired) electrons. The van der Waals surface area contributed by atoms with Crippen molar-refractivity contribution in [2.45, 2.75) is 6.92 Å². The highest BCUT2D eigenvalue weighted by Crippen LogP contribution is 2.32. The SMILES string of the molecule is Cc1scc(C(=O)NNC(=O)/C=C\C(=O)O)c1-c1ccccc1. The molecule has 0 aliphatic rings. The van der Waals surface area contributed by atoms with E-state index in [4.69, 9.17) is 5.11 Å². The van der Waals surface area contributed by atoms with Crippen molar-refractivity contribution in [1.82, 2.24) is 10.9 Å². The first-order valence-corrected chi connectivity index (χ1v) is 7.52. The Kier molecular flexibility index (Phi) is 5.27. The van der Waals surface area contributed by atoms with E-state index < -0.39 is 17.8 Å². The van der Waals surface area contributed by atoms with Gasteiger partial charge in [-0.05, 0) is 12.5 Å². The van der Waals surface area contributed by atoms with Crippen LogP contribution in [0.4, 0.5) is 0 Å². The van der Waals surface area contributed by atoms with Crippen molar-refractivity contribution in [3.05, 3.63) is 58.3 Å². The van der Waals surface area contributed by atoms with Gasteiger partial charge in [-0.15, -0.1) is 11.3 Å². The third-order valence-electron chi connectivity index (χ3n) is 2.96. The lowest BCUT2D eigenvalue weighted by molar-refractivity contribution is -0.131. The van der Waals surface area contributed by atoms with E-state index in [-0.39, 0.29) is 0 Å². The highest BCUT2D eigenvalue weighted by atomic mass is 32.1. The number of carboxylic acid groups (broad SMARTS) is 1. The summed E-state index contributed by atoms with van der Waals surface area (Å²) in [4.78, 5) is 34.9. The second-order valence-corrected chi connectivity index (χ2v) is 5.65. The molecule has 0 saturated heterocycles. The highest BCUT2D eigenvalue weighted by Gasteiger charge is 2.17. The Morgan fingerprint density at radius 1 is 1.09 bits per heavy atom. The van der Waals surface area contributed by atoms with Crippen LogP contribution in [0, 0.1) is 6.92 Å². The van der Waals surface area contributed by atoms with Gasteiger partial charge in [0, 0.05) is 28.0 Å². The summed E-state index contributed by atoms with van der Waals surface area (Å²) >= 11 is 1.44. The lowest BCUT2D eigenvalue weighted by Gasteiger charge is -2.07. The summed E-state index contributed by atoms with van der Waals surface area (Å²) in [5.74, 6) is -2.44. The Labute approximate surface area is 136 Å². The van der Waals surface area contributed by atoms with Crippen LogP contribution >= 0.6 is 11.3 Å². The first-order valence-electron chi connectivity index (χ1n) is 6.64. The van der Waals surface area contributed by atoms with E-state index in [0.717, 1.165) is 22.1 Å². The van der Waals surface area contributed by atoms with E-state index >= 15 is 0 Å². The summed E-state index contributed by atoms with van der Waals surface area (Å²) < 4.78 is 0. The number of carbonyl (C=O) groups excluding carboxylic acids is 2. The van der Waals surface area contributed by atoms with Crippen LogP contribution in [0.3, 0.4) is 0 Å². The molecule has 0 atom stereocenters.